The van der Waals surface area contributed by atoms with Gasteiger partial charge in [-0.1, -0.05) is 44.0 Å². The highest BCUT2D eigenvalue weighted by molar-refractivity contribution is 6.42. The van der Waals surface area contributed by atoms with Crippen LogP contribution >= 0.6 is 23.2 Å². The fourth-order valence-corrected chi connectivity index (χ4v) is 3.63. The third-order valence-corrected chi connectivity index (χ3v) is 6.16. The summed E-state index contributed by atoms with van der Waals surface area (Å²) in [7, 11) is 0. The smallest absolute Gasteiger partial charge is 0.313 e. The molecule has 2 N–H and O–H groups in total. The van der Waals surface area contributed by atoms with E-state index in [4.69, 9.17) is 23.2 Å². The molecule has 0 spiro atoms. The van der Waals surface area contributed by atoms with Gasteiger partial charge in [-0.2, -0.15) is 5.10 Å². The number of amides is 3. The molecule has 3 rings (SSSR count). The lowest BCUT2D eigenvalue weighted by atomic mass is 9.92. The molecular weight excluding hydrogens is 519 g/mol. The van der Waals surface area contributed by atoms with Gasteiger partial charge in [0.25, 0.3) is 5.69 Å². The van der Waals surface area contributed by atoms with Gasteiger partial charge in [-0.15, -0.1) is 0 Å². The monoisotopic (exact) mass is 546 g/mol. The van der Waals surface area contributed by atoms with Gasteiger partial charge in [-0.05, 0) is 44.2 Å². The summed E-state index contributed by atoms with van der Waals surface area (Å²) < 4.78 is 1.57. The van der Waals surface area contributed by atoms with Gasteiger partial charge in [-0.3, -0.25) is 14.9 Å². The Hall–Kier alpha value is -3.63. The van der Waals surface area contributed by atoms with Crippen molar-refractivity contribution in [3.05, 3.63) is 74.4 Å². The van der Waals surface area contributed by atoms with E-state index < -0.39 is 16.9 Å². The van der Waals surface area contributed by atoms with Crippen LogP contribution in [0.5, 0.6) is 0 Å². The van der Waals surface area contributed by atoms with Gasteiger partial charge in [-0.25, -0.2) is 9.48 Å². The summed E-state index contributed by atoms with van der Waals surface area (Å²) in [6.07, 6.45) is 0. The predicted octanol–water partition coefficient (Wildman–Crippen LogP) is 6.27. The fraction of sp³-hybridized carbons (Fsp3) is 0.320. The van der Waals surface area contributed by atoms with Crippen LogP contribution in [0.1, 0.15) is 40.3 Å². The molecule has 0 unspecified atom stereocenters. The van der Waals surface area contributed by atoms with Crippen LogP contribution in [0.4, 0.5) is 22.0 Å². The Kier molecular flexibility index (Phi) is 8.45. The molecule has 10 nitrogen and oxygen atoms in total. The zero-order valence-electron chi connectivity index (χ0n) is 21.1. The summed E-state index contributed by atoms with van der Waals surface area (Å²) >= 11 is 12.3. The van der Waals surface area contributed by atoms with Gasteiger partial charge in [0.2, 0.25) is 5.91 Å². The van der Waals surface area contributed by atoms with Crippen molar-refractivity contribution in [2.75, 3.05) is 17.2 Å². The van der Waals surface area contributed by atoms with Gasteiger partial charge in [0.15, 0.2) is 0 Å². The van der Waals surface area contributed by atoms with E-state index in [1.165, 1.54) is 29.2 Å². The summed E-state index contributed by atoms with van der Waals surface area (Å²) in [5.41, 5.74) is 1.33. The van der Waals surface area contributed by atoms with E-state index in [-0.39, 0.29) is 23.7 Å². The number of carbonyl (C=O) groups is 2. The maximum absolute atomic E-state index is 13.1. The molecule has 2 aromatic carbocycles. The zero-order chi connectivity index (χ0) is 27.5. The topological polar surface area (TPSA) is 122 Å². The van der Waals surface area contributed by atoms with Crippen LogP contribution in [0.25, 0.3) is 5.69 Å². The Morgan fingerprint density at radius 3 is 2.24 bits per heavy atom. The van der Waals surface area contributed by atoms with Gasteiger partial charge in [0, 0.05) is 35.3 Å². The molecule has 12 heteroatoms. The molecule has 3 amide bonds. The highest BCUT2D eigenvalue weighted by Gasteiger charge is 2.24. The average Bonchev–Trinajstić information content (AvgIpc) is 3.23. The molecule has 0 aliphatic rings. The lowest BCUT2D eigenvalue weighted by Crippen LogP contribution is -2.44. The molecule has 3 aromatic rings. The molecule has 196 valence electrons. The van der Waals surface area contributed by atoms with Crippen LogP contribution in [0.15, 0.2) is 48.5 Å². The van der Waals surface area contributed by atoms with Crippen LogP contribution in [0.3, 0.4) is 0 Å². The minimum Gasteiger partial charge on any atom is -0.313 e. The quantitative estimate of drug-likeness (QED) is 0.267. The van der Waals surface area contributed by atoms with Crippen LogP contribution in [-0.2, 0) is 10.2 Å². The predicted molar refractivity (Wildman–Crippen MR) is 145 cm³/mol. The molecule has 1 heterocycles. The van der Waals surface area contributed by atoms with Gasteiger partial charge < -0.3 is 15.5 Å². The minimum atomic E-state index is -0.524. The number of nitro groups is 1. The number of aromatic nitrogens is 2. The van der Waals surface area contributed by atoms with Crippen molar-refractivity contribution in [3.63, 3.8) is 0 Å². The highest BCUT2D eigenvalue weighted by atomic mass is 35.5. The number of nitrogens with zero attached hydrogens (tertiary/aromatic N) is 4. The number of hydrogen-bond acceptors (Lipinski definition) is 5. The number of rotatable bonds is 7. The van der Waals surface area contributed by atoms with E-state index in [2.05, 4.69) is 15.7 Å². The SMILES string of the molecule is CC(C)N(CC(=O)Nc1cc(C(C)(C)C)nn1-c1ccc(Cl)c(Cl)c1)C(=O)Nc1ccc([N+](=O)[O-])cc1. The number of non-ortho nitro benzene ring substituents is 1. The largest absolute Gasteiger partial charge is 0.322 e. The minimum absolute atomic E-state index is 0.0914. The maximum Gasteiger partial charge on any atom is 0.322 e. The van der Waals surface area contributed by atoms with E-state index in [0.29, 0.717) is 27.2 Å². The second kappa shape index (κ2) is 11.2. The van der Waals surface area contributed by atoms with Crippen molar-refractivity contribution < 1.29 is 14.5 Å². The Morgan fingerprint density at radius 1 is 1.05 bits per heavy atom. The molecule has 0 bridgehead atoms. The Labute approximate surface area is 224 Å². The van der Waals surface area contributed by atoms with Crippen molar-refractivity contribution in [1.82, 2.24) is 14.7 Å². The van der Waals surface area contributed by atoms with Gasteiger partial charge in [0.1, 0.15) is 12.4 Å². The number of hydrogen-bond donors (Lipinski definition) is 2. The van der Waals surface area contributed by atoms with Crippen molar-refractivity contribution >= 4 is 52.3 Å². The first-order valence-corrected chi connectivity index (χ1v) is 12.2. The summed E-state index contributed by atoms with van der Waals surface area (Å²) in [6.45, 7) is 9.32. The first-order valence-electron chi connectivity index (χ1n) is 11.4. The molecule has 0 saturated carbocycles. The third kappa shape index (κ3) is 6.99. The molecule has 0 atom stereocenters. The van der Waals surface area contributed by atoms with E-state index in [9.17, 15) is 19.7 Å². The van der Waals surface area contributed by atoms with Crippen LogP contribution in [0, 0.1) is 10.1 Å². The van der Waals surface area contributed by atoms with E-state index in [1.54, 1.807) is 42.8 Å². The molecule has 0 aliphatic heterocycles. The molecule has 0 fully saturated rings. The Balaban J connectivity index is 1.81. The standard InChI is InChI=1S/C25H28Cl2N6O4/c1-15(2)31(24(35)28-16-6-8-17(9-7-16)33(36)37)14-23(34)29-22-13-21(25(3,4)5)30-32(22)18-10-11-19(26)20(27)12-18/h6-13,15H,14H2,1-5H3,(H,28,35)(H,29,34). The normalized spacial score (nSPS) is 11.4. The van der Waals surface area contributed by atoms with Crippen molar-refractivity contribution in [1.29, 1.82) is 0 Å². The first-order chi connectivity index (χ1) is 17.3. The second-order valence-electron chi connectivity index (χ2n) is 9.68. The lowest BCUT2D eigenvalue weighted by molar-refractivity contribution is -0.384. The number of carbonyl (C=O) groups excluding carboxylic acids is 2. The Bertz CT molecular complexity index is 1320. The van der Waals surface area contributed by atoms with Crippen LogP contribution < -0.4 is 10.6 Å². The number of nitrogens with one attached hydrogen (secondary N) is 2. The number of benzene rings is 2. The summed E-state index contributed by atoms with van der Waals surface area (Å²) in [5, 5.41) is 21.8. The number of urea groups is 1. The highest BCUT2D eigenvalue weighted by Crippen LogP contribution is 2.29. The van der Waals surface area contributed by atoms with Gasteiger partial charge in [0.05, 0.1) is 26.3 Å². The third-order valence-electron chi connectivity index (χ3n) is 5.42. The number of nitro benzene ring substituents is 1. The van der Waals surface area contributed by atoms with Crippen LogP contribution in [0.2, 0.25) is 10.0 Å². The Morgan fingerprint density at radius 2 is 1.70 bits per heavy atom. The molecule has 0 radical (unpaired) electrons. The second-order valence-corrected chi connectivity index (χ2v) is 10.5. The average molecular weight is 547 g/mol. The van der Waals surface area contributed by atoms with Crippen molar-refractivity contribution in [3.8, 4) is 5.69 Å². The summed E-state index contributed by atoms with van der Waals surface area (Å²) in [5.74, 6) is -0.0259. The summed E-state index contributed by atoms with van der Waals surface area (Å²) in [6, 6.07) is 11.4. The fourth-order valence-electron chi connectivity index (χ4n) is 3.34. The lowest BCUT2D eigenvalue weighted by Gasteiger charge is -2.26. The van der Waals surface area contributed by atoms with Crippen molar-refractivity contribution in [2.45, 2.75) is 46.1 Å². The molecule has 0 saturated heterocycles. The van der Waals surface area contributed by atoms with E-state index >= 15 is 0 Å². The van der Waals surface area contributed by atoms with Crippen molar-refractivity contribution in [2.24, 2.45) is 0 Å². The molecule has 37 heavy (non-hydrogen) atoms. The number of halogens is 2. The maximum atomic E-state index is 13.1. The molecule has 1 aromatic heterocycles. The molecule has 0 aliphatic carbocycles. The number of anilines is 2. The first kappa shape index (κ1) is 27.9. The van der Waals surface area contributed by atoms with E-state index in [1.807, 2.05) is 20.8 Å². The summed E-state index contributed by atoms with van der Waals surface area (Å²) in [4.78, 5) is 37.7. The van der Waals surface area contributed by atoms with Crippen LogP contribution in [-0.4, -0.2) is 44.1 Å². The zero-order valence-corrected chi connectivity index (χ0v) is 22.6. The van der Waals surface area contributed by atoms with Gasteiger partial charge >= 0.3 is 6.03 Å². The van der Waals surface area contributed by atoms with E-state index in [0.717, 1.165) is 5.69 Å². The molecular formula is C25H28Cl2N6O4.